The Bertz CT molecular complexity index is 404. The molecule has 0 atom stereocenters. The molecule has 0 amide bonds. The van der Waals surface area contributed by atoms with Gasteiger partial charge < -0.3 is 4.74 Å². The van der Waals surface area contributed by atoms with Crippen LogP contribution >= 0.6 is 11.6 Å². The largest absolute Gasteiger partial charge is 0.463 e. The van der Waals surface area contributed by atoms with Crippen LogP contribution in [-0.4, -0.2) is 18.9 Å². The normalized spacial score (nSPS) is 9.80. The van der Waals surface area contributed by atoms with Crippen molar-refractivity contribution in [2.24, 2.45) is 0 Å². The van der Waals surface area contributed by atoms with Gasteiger partial charge in [0.05, 0.1) is 7.11 Å². The van der Waals surface area contributed by atoms with E-state index in [9.17, 15) is 14.0 Å². The highest BCUT2D eigenvalue weighted by Crippen LogP contribution is 2.15. The predicted octanol–water partition coefficient (Wildman–Crippen LogP) is 1.76. The van der Waals surface area contributed by atoms with Gasteiger partial charge in [0.25, 0.3) is 0 Å². The van der Waals surface area contributed by atoms with E-state index in [1.165, 1.54) is 12.1 Å². The highest BCUT2D eigenvalue weighted by atomic mass is 35.5. The zero-order chi connectivity index (χ0) is 11.4. The Kier molecular flexibility index (Phi) is 3.80. The predicted molar refractivity (Wildman–Crippen MR) is 52.1 cm³/mol. The Balaban J connectivity index is 2.85. The molecule has 0 radical (unpaired) electrons. The lowest BCUT2D eigenvalue weighted by Crippen LogP contribution is -2.18. The standard InChI is InChI=1S/C10H8ClFO3/c1-15-10(14)9(13)5-6-4-7(11)2-3-8(6)12/h2-4H,5H2,1H3. The van der Waals surface area contributed by atoms with Gasteiger partial charge in [0.1, 0.15) is 5.82 Å². The summed E-state index contributed by atoms with van der Waals surface area (Å²) in [5, 5.41) is 0.309. The van der Waals surface area contributed by atoms with Crippen molar-refractivity contribution in [3.05, 3.63) is 34.6 Å². The van der Waals surface area contributed by atoms with E-state index in [2.05, 4.69) is 4.74 Å². The molecule has 1 aromatic rings. The molecule has 0 aliphatic rings. The third-order valence-electron chi connectivity index (χ3n) is 1.77. The molecular formula is C10H8ClFO3. The lowest BCUT2D eigenvalue weighted by Gasteiger charge is -2.02. The third kappa shape index (κ3) is 3.02. The van der Waals surface area contributed by atoms with E-state index in [1.54, 1.807) is 0 Å². The molecule has 0 unspecified atom stereocenters. The first-order valence-corrected chi connectivity index (χ1v) is 4.47. The highest BCUT2D eigenvalue weighted by molar-refractivity contribution is 6.34. The van der Waals surface area contributed by atoms with E-state index in [-0.39, 0.29) is 12.0 Å². The molecule has 1 rings (SSSR count). The first-order chi connectivity index (χ1) is 7.04. The molecule has 0 spiro atoms. The molecule has 0 saturated heterocycles. The Morgan fingerprint density at radius 1 is 1.47 bits per heavy atom. The molecule has 0 N–H and O–H groups in total. The van der Waals surface area contributed by atoms with Gasteiger partial charge in [-0.3, -0.25) is 4.79 Å². The summed E-state index contributed by atoms with van der Waals surface area (Å²) in [6, 6.07) is 3.81. The number of ether oxygens (including phenoxy) is 1. The van der Waals surface area contributed by atoms with Gasteiger partial charge in [-0.1, -0.05) is 11.6 Å². The van der Waals surface area contributed by atoms with Crippen LogP contribution in [0, 0.1) is 5.82 Å². The number of benzene rings is 1. The van der Waals surface area contributed by atoms with Gasteiger partial charge in [-0.2, -0.15) is 0 Å². The smallest absolute Gasteiger partial charge is 0.374 e. The van der Waals surface area contributed by atoms with Crippen LogP contribution in [0.25, 0.3) is 0 Å². The Labute approximate surface area is 90.8 Å². The second kappa shape index (κ2) is 4.89. The van der Waals surface area contributed by atoms with E-state index in [0.29, 0.717) is 5.02 Å². The van der Waals surface area contributed by atoms with Crippen LogP contribution in [0.1, 0.15) is 5.56 Å². The monoisotopic (exact) mass is 230 g/mol. The van der Waals surface area contributed by atoms with E-state index < -0.39 is 17.6 Å². The highest BCUT2D eigenvalue weighted by Gasteiger charge is 2.16. The van der Waals surface area contributed by atoms with E-state index in [0.717, 1.165) is 13.2 Å². The maximum Gasteiger partial charge on any atom is 0.374 e. The zero-order valence-corrected chi connectivity index (χ0v) is 8.68. The summed E-state index contributed by atoms with van der Waals surface area (Å²) in [5.41, 5.74) is 0.0814. The number of hydrogen-bond donors (Lipinski definition) is 0. The summed E-state index contributed by atoms with van der Waals surface area (Å²) in [7, 11) is 1.09. The summed E-state index contributed by atoms with van der Waals surface area (Å²) < 4.78 is 17.3. The van der Waals surface area contributed by atoms with Crippen molar-refractivity contribution in [2.45, 2.75) is 6.42 Å². The molecule has 0 aliphatic heterocycles. The number of hydrogen-bond acceptors (Lipinski definition) is 3. The molecule has 5 heteroatoms. The molecule has 0 saturated carbocycles. The summed E-state index contributed by atoms with van der Waals surface area (Å²) in [6.45, 7) is 0. The molecular weight excluding hydrogens is 223 g/mol. The SMILES string of the molecule is COC(=O)C(=O)Cc1cc(Cl)ccc1F. The number of Topliss-reactive ketones (excluding diaryl/α,β-unsaturated/α-hetero) is 1. The van der Waals surface area contributed by atoms with Crippen LogP contribution in [0.5, 0.6) is 0 Å². The van der Waals surface area contributed by atoms with Crippen molar-refractivity contribution in [2.75, 3.05) is 7.11 Å². The average molecular weight is 231 g/mol. The van der Waals surface area contributed by atoms with Gasteiger partial charge in [0, 0.05) is 11.4 Å². The first kappa shape index (κ1) is 11.7. The van der Waals surface area contributed by atoms with Crippen LogP contribution in [0.15, 0.2) is 18.2 Å². The third-order valence-corrected chi connectivity index (χ3v) is 2.01. The Morgan fingerprint density at radius 2 is 2.13 bits per heavy atom. The number of carbonyl (C=O) groups excluding carboxylic acids is 2. The molecule has 3 nitrogen and oxygen atoms in total. The molecule has 15 heavy (non-hydrogen) atoms. The second-order valence-corrected chi connectivity index (χ2v) is 3.26. The minimum Gasteiger partial charge on any atom is -0.463 e. The quantitative estimate of drug-likeness (QED) is 0.587. The molecule has 1 aromatic carbocycles. The van der Waals surface area contributed by atoms with Gasteiger partial charge in [0.2, 0.25) is 5.78 Å². The van der Waals surface area contributed by atoms with Gasteiger partial charge in [-0.15, -0.1) is 0 Å². The van der Waals surface area contributed by atoms with Crippen LogP contribution in [0.4, 0.5) is 4.39 Å². The molecule has 0 bridgehead atoms. The van der Waals surface area contributed by atoms with Crippen molar-refractivity contribution in [3.8, 4) is 0 Å². The van der Waals surface area contributed by atoms with Crippen LogP contribution in [-0.2, 0) is 20.7 Å². The lowest BCUT2D eigenvalue weighted by molar-refractivity contribution is -0.151. The lowest BCUT2D eigenvalue weighted by atomic mass is 10.1. The molecule has 0 heterocycles. The number of halogens is 2. The number of ketones is 1. The second-order valence-electron chi connectivity index (χ2n) is 2.83. The van der Waals surface area contributed by atoms with Crippen molar-refractivity contribution in [1.29, 1.82) is 0 Å². The van der Waals surface area contributed by atoms with Gasteiger partial charge in [0.15, 0.2) is 0 Å². The van der Waals surface area contributed by atoms with E-state index in [1.807, 2.05) is 0 Å². The molecule has 0 aliphatic carbocycles. The van der Waals surface area contributed by atoms with Crippen molar-refractivity contribution in [1.82, 2.24) is 0 Å². The number of carbonyl (C=O) groups is 2. The topological polar surface area (TPSA) is 43.4 Å². The molecule has 0 aromatic heterocycles. The summed E-state index contributed by atoms with van der Waals surface area (Å²) in [5.74, 6) is -2.37. The Hall–Kier alpha value is -1.42. The Morgan fingerprint density at radius 3 is 2.73 bits per heavy atom. The van der Waals surface area contributed by atoms with Crippen molar-refractivity contribution >= 4 is 23.4 Å². The number of esters is 1. The summed E-state index contributed by atoms with van der Waals surface area (Å²) in [6.07, 6.45) is -0.348. The van der Waals surface area contributed by atoms with Gasteiger partial charge >= 0.3 is 5.97 Å². The summed E-state index contributed by atoms with van der Waals surface area (Å²) in [4.78, 5) is 21.9. The fraction of sp³-hybridized carbons (Fsp3) is 0.200. The van der Waals surface area contributed by atoms with Crippen molar-refractivity contribution < 1.29 is 18.7 Å². The van der Waals surface area contributed by atoms with Crippen LogP contribution < -0.4 is 0 Å². The van der Waals surface area contributed by atoms with Crippen molar-refractivity contribution in [3.63, 3.8) is 0 Å². The maximum atomic E-state index is 13.1. The van der Waals surface area contributed by atoms with E-state index >= 15 is 0 Å². The summed E-state index contributed by atoms with van der Waals surface area (Å²) >= 11 is 5.62. The van der Waals surface area contributed by atoms with Gasteiger partial charge in [-0.25, -0.2) is 9.18 Å². The number of methoxy groups -OCH3 is 1. The van der Waals surface area contributed by atoms with E-state index in [4.69, 9.17) is 11.6 Å². The average Bonchev–Trinajstić information content (AvgIpc) is 2.22. The van der Waals surface area contributed by atoms with Crippen LogP contribution in [0.2, 0.25) is 5.02 Å². The minimum absolute atomic E-state index is 0.0814. The zero-order valence-electron chi connectivity index (χ0n) is 7.92. The molecule has 80 valence electrons. The van der Waals surface area contributed by atoms with Crippen LogP contribution in [0.3, 0.4) is 0 Å². The maximum absolute atomic E-state index is 13.1. The first-order valence-electron chi connectivity index (χ1n) is 4.09. The fourth-order valence-electron chi connectivity index (χ4n) is 1.04. The fourth-order valence-corrected chi connectivity index (χ4v) is 1.23. The minimum atomic E-state index is -0.991. The number of rotatable bonds is 3. The molecule has 0 fully saturated rings. The van der Waals surface area contributed by atoms with Gasteiger partial charge in [-0.05, 0) is 23.8 Å².